The fraction of sp³-hybridized carbons (Fsp3) is 0.500. The van der Waals surface area contributed by atoms with Crippen LogP contribution >= 0.6 is 0 Å². The van der Waals surface area contributed by atoms with Gasteiger partial charge in [-0.05, 0) is 25.8 Å². The highest BCUT2D eigenvalue weighted by Crippen LogP contribution is 2.30. The van der Waals surface area contributed by atoms with Crippen molar-refractivity contribution >= 4 is 26.8 Å². The summed E-state index contributed by atoms with van der Waals surface area (Å²) in [4.78, 5) is 16.0. The molecule has 0 radical (unpaired) electrons. The minimum Gasteiger partial charge on any atom is -0.478 e. The SMILES string of the molecule is CCc1cc(C(=O)O)c2c(C)nn(C3CCS(=O)(=O)C3)c2n1. The van der Waals surface area contributed by atoms with Crippen molar-refractivity contribution in [3.05, 3.63) is 23.0 Å². The van der Waals surface area contributed by atoms with Crippen LogP contribution in [0.25, 0.3) is 11.0 Å². The predicted molar refractivity (Wildman–Crippen MR) is 80.9 cm³/mol. The quantitative estimate of drug-likeness (QED) is 0.915. The Morgan fingerprint density at radius 2 is 2.23 bits per heavy atom. The summed E-state index contributed by atoms with van der Waals surface area (Å²) in [5, 5.41) is 14.3. The number of nitrogens with zero attached hydrogens (tertiary/aromatic N) is 3. The number of aromatic carboxylic acids is 1. The molecule has 2 aromatic rings. The number of sulfone groups is 1. The van der Waals surface area contributed by atoms with Gasteiger partial charge in [0.25, 0.3) is 0 Å². The number of fused-ring (bicyclic) bond motifs is 1. The average molecular weight is 323 g/mol. The van der Waals surface area contributed by atoms with Gasteiger partial charge in [-0.2, -0.15) is 5.10 Å². The maximum absolute atomic E-state index is 11.7. The molecule has 0 amide bonds. The smallest absolute Gasteiger partial charge is 0.336 e. The number of pyridine rings is 1. The van der Waals surface area contributed by atoms with Gasteiger partial charge in [0.1, 0.15) is 0 Å². The monoisotopic (exact) mass is 323 g/mol. The largest absolute Gasteiger partial charge is 0.478 e. The molecule has 0 aliphatic carbocycles. The normalized spacial score (nSPS) is 20.5. The van der Waals surface area contributed by atoms with Gasteiger partial charge in [-0.1, -0.05) is 6.92 Å². The van der Waals surface area contributed by atoms with E-state index in [0.717, 1.165) is 0 Å². The van der Waals surface area contributed by atoms with Crippen molar-refractivity contribution in [1.82, 2.24) is 14.8 Å². The minimum atomic E-state index is -3.05. The topological polar surface area (TPSA) is 102 Å². The van der Waals surface area contributed by atoms with E-state index in [1.807, 2.05) is 6.92 Å². The third-order valence-electron chi connectivity index (χ3n) is 4.04. The molecule has 0 saturated carbocycles. The zero-order valence-electron chi connectivity index (χ0n) is 12.4. The van der Waals surface area contributed by atoms with Gasteiger partial charge in [-0.15, -0.1) is 0 Å². The van der Waals surface area contributed by atoms with E-state index in [1.54, 1.807) is 17.7 Å². The standard InChI is InChI=1S/C14H17N3O4S/c1-3-9-6-11(14(18)19)12-8(2)16-17(13(12)15-9)10-4-5-22(20,21)7-10/h6,10H,3-5,7H2,1-2H3,(H,18,19). The zero-order valence-corrected chi connectivity index (χ0v) is 13.2. The van der Waals surface area contributed by atoms with Crippen LogP contribution in [0.15, 0.2) is 6.07 Å². The highest BCUT2D eigenvalue weighted by Gasteiger charge is 2.32. The van der Waals surface area contributed by atoms with Crippen LogP contribution in [0.4, 0.5) is 0 Å². The first kappa shape index (κ1) is 15.0. The minimum absolute atomic E-state index is 0.0314. The molecule has 7 nitrogen and oxygen atoms in total. The van der Waals surface area contributed by atoms with E-state index in [1.165, 1.54) is 0 Å². The lowest BCUT2D eigenvalue weighted by atomic mass is 10.1. The van der Waals surface area contributed by atoms with E-state index in [9.17, 15) is 18.3 Å². The Kier molecular flexibility index (Phi) is 3.43. The van der Waals surface area contributed by atoms with Gasteiger partial charge in [-0.25, -0.2) is 22.9 Å². The second-order valence-corrected chi connectivity index (χ2v) is 7.83. The molecule has 1 saturated heterocycles. The molecule has 118 valence electrons. The van der Waals surface area contributed by atoms with Crippen LogP contribution in [-0.2, 0) is 16.3 Å². The van der Waals surface area contributed by atoms with Crippen molar-refractivity contribution in [2.45, 2.75) is 32.7 Å². The van der Waals surface area contributed by atoms with E-state index in [2.05, 4.69) is 10.1 Å². The molecule has 1 aliphatic rings. The van der Waals surface area contributed by atoms with Crippen molar-refractivity contribution in [2.75, 3.05) is 11.5 Å². The molecule has 1 aliphatic heterocycles. The van der Waals surface area contributed by atoms with Crippen LogP contribution < -0.4 is 0 Å². The Hall–Kier alpha value is -1.96. The summed E-state index contributed by atoms with van der Waals surface area (Å²) in [5.41, 5.74) is 1.86. The predicted octanol–water partition coefficient (Wildman–Crippen LogP) is 1.36. The third-order valence-corrected chi connectivity index (χ3v) is 5.79. The van der Waals surface area contributed by atoms with E-state index in [-0.39, 0.29) is 23.1 Å². The van der Waals surface area contributed by atoms with E-state index < -0.39 is 15.8 Å². The molecule has 1 unspecified atom stereocenters. The van der Waals surface area contributed by atoms with Crippen molar-refractivity contribution in [2.24, 2.45) is 0 Å². The van der Waals surface area contributed by atoms with Crippen molar-refractivity contribution < 1.29 is 18.3 Å². The molecule has 3 heterocycles. The lowest BCUT2D eigenvalue weighted by Crippen LogP contribution is -2.13. The van der Waals surface area contributed by atoms with E-state index in [0.29, 0.717) is 35.3 Å². The maximum atomic E-state index is 11.7. The summed E-state index contributed by atoms with van der Waals surface area (Å²) in [6.07, 6.45) is 1.09. The molecular formula is C14H17N3O4S. The molecule has 2 aromatic heterocycles. The van der Waals surface area contributed by atoms with Crippen molar-refractivity contribution in [3.8, 4) is 0 Å². The van der Waals surface area contributed by atoms with Gasteiger partial charge in [-0.3, -0.25) is 0 Å². The number of carbonyl (C=O) groups is 1. The number of rotatable bonds is 3. The molecule has 1 atom stereocenters. The van der Waals surface area contributed by atoms with Crippen molar-refractivity contribution in [3.63, 3.8) is 0 Å². The van der Waals surface area contributed by atoms with Gasteiger partial charge in [0.05, 0.1) is 34.2 Å². The third kappa shape index (κ3) is 2.37. The molecule has 1 N–H and O–H groups in total. The summed E-state index contributed by atoms with van der Waals surface area (Å²) in [7, 11) is -3.05. The molecule has 3 rings (SSSR count). The molecule has 0 aromatic carbocycles. The number of carboxylic acids is 1. The van der Waals surface area contributed by atoms with Crippen LogP contribution in [-0.4, -0.2) is 45.8 Å². The van der Waals surface area contributed by atoms with Gasteiger partial charge >= 0.3 is 5.97 Å². The Morgan fingerprint density at radius 1 is 1.50 bits per heavy atom. The van der Waals surface area contributed by atoms with Gasteiger partial charge in [0.2, 0.25) is 0 Å². The average Bonchev–Trinajstić information content (AvgIpc) is 2.98. The van der Waals surface area contributed by atoms with Crippen LogP contribution in [0.3, 0.4) is 0 Å². The number of carboxylic acid groups (broad SMARTS) is 1. The summed E-state index contributed by atoms with van der Waals surface area (Å²) >= 11 is 0. The molecule has 1 fully saturated rings. The fourth-order valence-corrected chi connectivity index (χ4v) is 4.63. The first-order valence-corrected chi connectivity index (χ1v) is 8.97. The molecule has 22 heavy (non-hydrogen) atoms. The maximum Gasteiger partial charge on any atom is 0.336 e. The summed E-state index contributed by atoms with van der Waals surface area (Å²) < 4.78 is 25.0. The molecule has 0 bridgehead atoms. The van der Waals surface area contributed by atoms with Crippen LogP contribution in [0, 0.1) is 6.92 Å². The Morgan fingerprint density at radius 3 is 2.77 bits per heavy atom. The first-order chi connectivity index (χ1) is 10.3. The second-order valence-electron chi connectivity index (χ2n) is 5.61. The molecular weight excluding hydrogens is 306 g/mol. The van der Waals surface area contributed by atoms with E-state index >= 15 is 0 Å². The summed E-state index contributed by atoms with van der Waals surface area (Å²) in [6, 6.07) is 1.29. The Balaban J connectivity index is 2.25. The molecule has 8 heteroatoms. The number of hydrogen-bond donors (Lipinski definition) is 1. The number of aromatic nitrogens is 3. The first-order valence-electron chi connectivity index (χ1n) is 7.15. The number of hydrogen-bond acceptors (Lipinski definition) is 5. The molecule has 0 spiro atoms. The van der Waals surface area contributed by atoms with Gasteiger partial charge in [0, 0.05) is 5.69 Å². The highest BCUT2D eigenvalue weighted by molar-refractivity contribution is 7.91. The van der Waals surface area contributed by atoms with Crippen LogP contribution in [0.1, 0.15) is 41.1 Å². The Labute approximate surface area is 127 Å². The summed E-state index contributed by atoms with van der Waals surface area (Å²) in [6.45, 7) is 3.62. The zero-order chi connectivity index (χ0) is 16.1. The Bertz CT molecular complexity index is 870. The highest BCUT2D eigenvalue weighted by atomic mass is 32.2. The summed E-state index contributed by atoms with van der Waals surface area (Å²) in [5.74, 6) is -0.857. The second kappa shape index (κ2) is 5.05. The lowest BCUT2D eigenvalue weighted by Gasteiger charge is -2.10. The van der Waals surface area contributed by atoms with Gasteiger partial charge < -0.3 is 5.11 Å². The number of aryl methyl sites for hydroxylation is 2. The van der Waals surface area contributed by atoms with Crippen LogP contribution in [0.5, 0.6) is 0 Å². The fourth-order valence-electron chi connectivity index (χ4n) is 2.94. The van der Waals surface area contributed by atoms with Gasteiger partial charge in [0.15, 0.2) is 15.5 Å². The lowest BCUT2D eigenvalue weighted by molar-refractivity contribution is 0.0698. The van der Waals surface area contributed by atoms with Crippen LogP contribution in [0.2, 0.25) is 0 Å². The van der Waals surface area contributed by atoms with E-state index in [4.69, 9.17) is 0 Å². The van der Waals surface area contributed by atoms with Crippen molar-refractivity contribution in [1.29, 1.82) is 0 Å².